The number of likely N-dealkylation sites (tertiary alicyclic amines) is 1. The van der Waals surface area contributed by atoms with Gasteiger partial charge in [-0.15, -0.1) is 37.2 Å². The number of piperidine rings is 1. The molecular weight excluding hydrogens is 457 g/mol. The number of hydrogen-bond donors (Lipinski definition) is 2. The zero-order valence-corrected chi connectivity index (χ0v) is 19.0. The van der Waals surface area contributed by atoms with E-state index >= 15 is 0 Å². The van der Waals surface area contributed by atoms with E-state index in [1.165, 1.54) is 6.07 Å². The highest BCUT2D eigenvalue weighted by molar-refractivity contribution is 5.86. The van der Waals surface area contributed by atoms with E-state index < -0.39 is 11.6 Å². The third-order valence-corrected chi connectivity index (χ3v) is 5.63. The second kappa shape index (κ2) is 12.2. The van der Waals surface area contributed by atoms with Gasteiger partial charge in [0.15, 0.2) is 11.6 Å². The molecule has 10 heteroatoms. The first-order valence-electron chi connectivity index (χ1n) is 9.74. The van der Waals surface area contributed by atoms with Gasteiger partial charge in [0.25, 0.3) is 0 Å². The highest BCUT2D eigenvalue weighted by Gasteiger charge is 2.24. The van der Waals surface area contributed by atoms with Crippen molar-refractivity contribution in [2.24, 2.45) is 0 Å². The molecule has 2 fully saturated rings. The van der Waals surface area contributed by atoms with Crippen LogP contribution in [0.15, 0.2) is 24.4 Å². The summed E-state index contributed by atoms with van der Waals surface area (Å²) < 4.78 is 29.1. The average molecular weight is 486 g/mol. The van der Waals surface area contributed by atoms with Gasteiger partial charge in [-0.25, -0.2) is 13.8 Å². The number of hydrogen-bond acceptors (Lipinski definition) is 4. The van der Waals surface area contributed by atoms with Gasteiger partial charge >= 0.3 is 0 Å². The van der Waals surface area contributed by atoms with Crippen LogP contribution in [0.2, 0.25) is 0 Å². The van der Waals surface area contributed by atoms with Crippen molar-refractivity contribution in [1.29, 1.82) is 0 Å². The lowest BCUT2D eigenvalue weighted by Gasteiger charge is -2.24. The van der Waals surface area contributed by atoms with Crippen molar-refractivity contribution in [3.8, 4) is 11.3 Å². The molecular formula is C20H29Cl3F2N4O. The fraction of sp³-hybridized carbons (Fsp3) is 0.550. The second-order valence-corrected chi connectivity index (χ2v) is 7.57. The molecule has 1 atom stereocenters. The number of aliphatic hydroxyl groups excluding tert-OH is 1. The second-order valence-electron chi connectivity index (χ2n) is 7.57. The van der Waals surface area contributed by atoms with Crippen molar-refractivity contribution < 1.29 is 13.9 Å². The fourth-order valence-corrected chi connectivity index (χ4v) is 4.07. The Kier molecular flexibility index (Phi) is 11.0. The van der Waals surface area contributed by atoms with E-state index in [2.05, 4.69) is 14.8 Å². The van der Waals surface area contributed by atoms with Gasteiger partial charge in [0.2, 0.25) is 0 Å². The van der Waals surface area contributed by atoms with Crippen LogP contribution in [0.5, 0.6) is 0 Å². The maximum absolute atomic E-state index is 13.7. The Bertz CT molecular complexity index is 802. The molecule has 0 spiro atoms. The standard InChI is InChI=1S/C20H26F2N4O.3ClH/c21-17-2-1-15(11-18(17)22)19-13-26(10-9-25-8-5-16(27)12-25)20(24-19)14-3-6-23-7-4-14;;;/h1-2,11,13-14,16,23,27H,3-10,12H2;3*1H. The Balaban J connectivity index is 0.00000150. The molecule has 2 aliphatic rings. The summed E-state index contributed by atoms with van der Waals surface area (Å²) in [4.78, 5) is 7.07. The molecule has 30 heavy (non-hydrogen) atoms. The van der Waals surface area contributed by atoms with Gasteiger partial charge in [0.05, 0.1) is 11.8 Å². The minimum absolute atomic E-state index is 0. The molecule has 2 saturated heterocycles. The Morgan fingerprint density at radius 1 is 1.03 bits per heavy atom. The van der Waals surface area contributed by atoms with Gasteiger partial charge in [-0.2, -0.15) is 0 Å². The van der Waals surface area contributed by atoms with Crippen molar-refractivity contribution in [3.63, 3.8) is 0 Å². The summed E-state index contributed by atoms with van der Waals surface area (Å²) in [5.74, 6) is -0.300. The van der Waals surface area contributed by atoms with Gasteiger partial charge in [-0.05, 0) is 50.6 Å². The summed E-state index contributed by atoms with van der Waals surface area (Å²) in [6.07, 6.45) is 4.60. The molecule has 2 aliphatic heterocycles. The van der Waals surface area contributed by atoms with E-state index in [1.54, 1.807) is 6.07 Å². The molecule has 0 bridgehead atoms. The topological polar surface area (TPSA) is 53.3 Å². The predicted molar refractivity (Wildman–Crippen MR) is 121 cm³/mol. The molecule has 2 N–H and O–H groups in total. The monoisotopic (exact) mass is 484 g/mol. The predicted octanol–water partition coefficient (Wildman–Crippen LogP) is 3.63. The lowest BCUT2D eigenvalue weighted by atomic mass is 9.97. The summed E-state index contributed by atoms with van der Waals surface area (Å²) in [6.45, 7) is 5.19. The smallest absolute Gasteiger partial charge is 0.159 e. The van der Waals surface area contributed by atoms with Crippen LogP contribution in [0.4, 0.5) is 8.78 Å². The summed E-state index contributed by atoms with van der Waals surface area (Å²) in [5.41, 5.74) is 1.28. The Morgan fingerprint density at radius 2 is 1.77 bits per heavy atom. The van der Waals surface area contributed by atoms with E-state index in [1.807, 2.05) is 6.20 Å². The van der Waals surface area contributed by atoms with Crippen LogP contribution in [0, 0.1) is 11.6 Å². The number of nitrogens with one attached hydrogen (secondary N) is 1. The van der Waals surface area contributed by atoms with Crippen LogP contribution in [0.1, 0.15) is 31.0 Å². The van der Waals surface area contributed by atoms with Crippen LogP contribution in [-0.2, 0) is 6.54 Å². The molecule has 1 aromatic carbocycles. The fourth-order valence-electron chi connectivity index (χ4n) is 4.07. The number of aliphatic hydroxyl groups is 1. The molecule has 5 nitrogen and oxygen atoms in total. The van der Waals surface area contributed by atoms with Crippen LogP contribution < -0.4 is 5.32 Å². The maximum atomic E-state index is 13.7. The average Bonchev–Trinajstić information content (AvgIpc) is 3.29. The summed E-state index contributed by atoms with van der Waals surface area (Å²) in [5, 5.41) is 13.1. The van der Waals surface area contributed by atoms with Crippen LogP contribution >= 0.6 is 37.2 Å². The number of imidazole rings is 1. The highest BCUT2D eigenvalue weighted by Crippen LogP contribution is 2.29. The van der Waals surface area contributed by atoms with Crippen LogP contribution in [-0.4, -0.2) is 58.4 Å². The van der Waals surface area contributed by atoms with Gasteiger partial charge < -0.3 is 15.0 Å². The molecule has 0 saturated carbocycles. The minimum Gasteiger partial charge on any atom is -0.392 e. The quantitative estimate of drug-likeness (QED) is 0.679. The Hall–Kier alpha value is -0.960. The summed E-state index contributed by atoms with van der Waals surface area (Å²) in [7, 11) is 0. The number of benzene rings is 1. The zero-order chi connectivity index (χ0) is 18.8. The number of rotatable bonds is 5. The third-order valence-electron chi connectivity index (χ3n) is 5.63. The van der Waals surface area contributed by atoms with E-state index in [0.717, 1.165) is 63.9 Å². The number of aromatic nitrogens is 2. The minimum atomic E-state index is -0.850. The third kappa shape index (κ3) is 6.28. The van der Waals surface area contributed by atoms with Crippen molar-refractivity contribution >= 4 is 37.2 Å². The van der Waals surface area contributed by atoms with E-state index in [9.17, 15) is 13.9 Å². The highest BCUT2D eigenvalue weighted by atomic mass is 35.5. The first kappa shape index (κ1) is 27.1. The van der Waals surface area contributed by atoms with Crippen molar-refractivity contribution in [1.82, 2.24) is 19.8 Å². The number of halogens is 5. The van der Waals surface area contributed by atoms with E-state index in [4.69, 9.17) is 4.98 Å². The molecule has 0 amide bonds. The molecule has 1 unspecified atom stereocenters. The first-order chi connectivity index (χ1) is 13.1. The molecule has 4 rings (SSSR count). The van der Waals surface area contributed by atoms with E-state index in [0.29, 0.717) is 23.7 Å². The number of nitrogens with zero attached hydrogens (tertiary/aromatic N) is 3. The molecule has 2 aromatic rings. The van der Waals surface area contributed by atoms with Crippen LogP contribution in [0.25, 0.3) is 11.3 Å². The van der Waals surface area contributed by atoms with E-state index in [-0.39, 0.29) is 43.3 Å². The largest absolute Gasteiger partial charge is 0.392 e. The lowest BCUT2D eigenvalue weighted by molar-refractivity contribution is 0.175. The molecule has 0 radical (unpaired) electrons. The normalized spacial score (nSPS) is 19.6. The maximum Gasteiger partial charge on any atom is 0.159 e. The zero-order valence-electron chi connectivity index (χ0n) is 16.6. The first-order valence-corrected chi connectivity index (χ1v) is 9.74. The molecule has 170 valence electrons. The molecule has 3 heterocycles. The van der Waals surface area contributed by atoms with Crippen molar-refractivity contribution in [2.45, 2.75) is 37.8 Å². The van der Waals surface area contributed by atoms with Crippen LogP contribution in [0.3, 0.4) is 0 Å². The Morgan fingerprint density at radius 3 is 2.40 bits per heavy atom. The number of β-amino-alcohol motifs (C(OH)–C–C–N with tert-alkyl or cyclic N) is 1. The summed E-state index contributed by atoms with van der Waals surface area (Å²) in [6, 6.07) is 3.94. The lowest BCUT2D eigenvalue weighted by Crippen LogP contribution is -2.30. The van der Waals surface area contributed by atoms with Gasteiger partial charge in [0.1, 0.15) is 5.82 Å². The van der Waals surface area contributed by atoms with Crippen molar-refractivity contribution in [2.75, 3.05) is 32.7 Å². The van der Waals surface area contributed by atoms with Gasteiger partial charge in [0, 0.05) is 43.9 Å². The molecule has 1 aromatic heterocycles. The Labute approximate surface area is 194 Å². The molecule has 0 aliphatic carbocycles. The van der Waals surface area contributed by atoms with Crippen molar-refractivity contribution in [3.05, 3.63) is 41.9 Å². The van der Waals surface area contributed by atoms with Gasteiger partial charge in [-0.1, -0.05) is 0 Å². The SMILES string of the molecule is Cl.Cl.Cl.OC1CCN(CCn2cc(-c3ccc(F)c(F)c3)nc2C2CCNCC2)C1. The van der Waals surface area contributed by atoms with Gasteiger partial charge in [-0.3, -0.25) is 4.90 Å². The summed E-state index contributed by atoms with van der Waals surface area (Å²) >= 11 is 0.